The first-order valence-electron chi connectivity index (χ1n) is 11.1. The highest BCUT2D eigenvalue weighted by Crippen LogP contribution is 2.33. The normalized spacial score (nSPS) is 11.2. The second-order valence-corrected chi connectivity index (χ2v) is 8.46. The van der Waals surface area contributed by atoms with Gasteiger partial charge < -0.3 is 19.7 Å². The number of aryl methyl sites for hydroxylation is 1. The molecular formula is C25H22ClF3N4O3. The van der Waals surface area contributed by atoms with Gasteiger partial charge in [0.25, 0.3) is 0 Å². The van der Waals surface area contributed by atoms with Crippen molar-refractivity contribution in [3.63, 3.8) is 0 Å². The highest BCUT2D eigenvalue weighted by atomic mass is 35.5. The summed E-state index contributed by atoms with van der Waals surface area (Å²) in [6.45, 7) is 4.37. The number of rotatable bonds is 9. The van der Waals surface area contributed by atoms with Crippen LogP contribution in [0.15, 0.2) is 36.7 Å². The van der Waals surface area contributed by atoms with Gasteiger partial charge in [0.1, 0.15) is 29.3 Å². The van der Waals surface area contributed by atoms with Crippen molar-refractivity contribution in [3.8, 4) is 17.0 Å². The summed E-state index contributed by atoms with van der Waals surface area (Å²) in [4.78, 5) is 20.0. The molecule has 0 saturated heterocycles. The molecule has 0 spiro atoms. The topological polar surface area (TPSA) is 89.3 Å². The van der Waals surface area contributed by atoms with Gasteiger partial charge in [0.05, 0.1) is 22.8 Å². The lowest BCUT2D eigenvalue weighted by molar-refractivity contribution is 0.0692. The van der Waals surface area contributed by atoms with E-state index in [1.54, 1.807) is 19.1 Å². The minimum absolute atomic E-state index is 0.00989. The van der Waals surface area contributed by atoms with Gasteiger partial charge in [-0.2, -0.15) is 0 Å². The fourth-order valence-electron chi connectivity index (χ4n) is 3.92. The van der Waals surface area contributed by atoms with Gasteiger partial charge in [-0.15, -0.1) is 0 Å². The number of aromatic carboxylic acids is 1. The summed E-state index contributed by atoms with van der Waals surface area (Å²) in [6.07, 6.45) is 2.01. The van der Waals surface area contributed by atoms with E-state index >= 15 is 0 Å². The van der Waals surface area contributed by atoms with Gasteiger partial charge in [0.2, 0.25) is 0 Å². The number of carboxylic acid groups (broad SMARTS) is 1. The zero-order valence-electron chi connectivity index (χ0n) is 19.4. The Balaban J connectivity index is 1.57. The van der Waals surface area contributed by atoms with E-state index in [0.29, 0.717) is 41.9 Å². The van der Waals surface area contributed by atoms with Crippen molar-refractivity contribution in [1.29, 1.82) is 0 Å². The Morgan fingerprint density at radius 1 is 1.14 bits per heavy atom. The second kappa shape index (κ2) is 10.4. The zero-order chi connectivity index (χ0) is 26.0. The highest BCUT2D eigenvalue weighted by molar-refractivity contribution is 6.34. The van der Waals surface area contributed by atoms with E-state index in [0.717, 1.165) is 0 Å². The summed E-state index contributed by atoms with van der Waals surface area (Å²) in [5.41, 5.74) is 1.30. The van der Waals surface area contributed by atoms with Gasteiger partial charge >= 0.3 is 5.97 Å². The summed E-state index contributed by atoms with van der Waals surface area (Å²) < 4.78 is 49.4. The molecule has 4 aromatic rings. The van der Waals surface area contributed by atoms with Crippen molar-refractivity contribution in [2.24, 2.45) is 0 Å². The third-order valence-electron chi connectivity index (χ3n) is 5.57. The van der Waals surface area contributed by atoms with Crippen LogP contribution in [0.25, 0.3) is 22.2 Å². The average molecular weight is 519 g/mol. The molecule has 0 atom stereocenters. The van der Waals surface area contributed by atoms with Gasteiger partial charge in [-0.25, -0.2) is 27.9 Å². The van der Waals surface area contributed by atoms with Crippen molar-refractivity contribution < 1.29 is 27.8 Å². The van der Waals surface area contributed by atoms with E-state index in [4.69, 9.17) is 16.3 Å². The van der Waals surface area contributed by atoms with Crippen LogP contribution in [-0.2, 0) is 6.54 Å². The number of halogens is 4. The Bertz CT molecular complexity index is 1460. The lowest BCUT2D eigenvalue weighted by Gasteiger charge is -2.13. The van der Waals surface area contributed by atoms with E-state index in [1.165, 1.54) is 23.0 Å². The van der Waals surface area contributed by atoms with Gasteiger partial charge in [0, 0.05) is 41.9 Å². The van der Waals surface area contributed by atoms with E-state index in [-0.39, 0.29) is 40.3 Å². The van der Waals surface area contributed by atoms with Gasteiger partial charge in [-0.3, -0.25) is 0 Å². The Morgan fingerprint density at radius 3 is 2.64 bits per heavy atom. The number of ether oxygens (including phenoxy) is 1. The van der Waals surface area contributed by atoms with Crippen molar-refractivity contribution in [1.82, 2.24) is 14.5 Å². The largest absolute Gasteiger partial charge is 0.493 e. The monoisotopic (exact) mass is 518 g/mol. The quantitative estimate of drug-likeness (QED) is 0.261. The molecule has 0 radical (unpaired) electrons. The molecule has 0 aliphatic rings. The summed E-state index contributed by atoms with van der Waals surface area (Å²) >= 11 is 6.23. The minimum Gasteiger partial charge on any atom is -0.493 e. The maximum Gasteiger partial charge on any atom is 0.341 e. The first kappa shape index (κ1) is 25.3. The number of hydrogen-bond donors (Lipinski definition) is 2. The maximum atomic E-state index is 14.4. The summed E-state index contributed by atoms with van der Waals surface area (Å²) in [7, 11) is 0. The molecule has 0 aliphatic carbocycles. The Morgan fingerprint density at radius 2 is 1.92 bits per heavy atom. The molecule has 11 heteroatoms. The zero-order valence-corrected chi connectivity index (χ0v) is 20.2. The summed E-state index contributed by atoms with van der Waals surface area (Å²) in [5.74, 6) is -3.81. The Hall–Kier alpha value is -3.79. The molecule has 7 nitrogen and oxygen atoms in total. The van der Waals surface area contributed by atoms with Gasteiger partial charge in [-0.1, -0.05) is 18.5 Å². The molecule has 2 N–H and O–H groups in total. The number of benzene rings is 2. The third-order valence-corrected chi connectivity index (χ3v) is 5.86. The molecular weight excluding hydrogens is 497 g/mol. The molecule has 0 saturated carbocycles. The number of anilines is 1. The number of aromatic nitrogens is 3. The van der Waals surface area contributed by atoms with Crippen LogP contribution in [0.5, 0.6) is 5.75 Å². The van der Waals surface area contributed by atoms with E-state index < -0.39 is 23.4 Å². The highest BCUT2D eigenvalue weighted by Gasteiger charge is 2.20. The number of carbonyl (C=O) groups is 1. The molecule has 2 heterocycles. The molecule has 0 fully saturated rings. The standard InChI is InChI=1S/C25H22ClF3N4O3/c1-3-6-36-20-9-14(8-16(26)22(20)25(34)35)19-11-21(32-12-31-19)30-4-5-33-13(2)7-15-17(27)10-18(28)23(29)24(15)33/h7-12H,3-6H2,1-2H3,(H,34,35)(H,30,31,32). The van der Waals surface area contributed by atoms with Gasteiger partial charge in [-0.05, 0) is 31.5 Å². The number of nitrogens with zero attached hydrogens (tertiary/aromatic N) is 3. The predicted octanol–water partition coefficient (Wildman–Crippen LogP) is 6.08. The third kappa shape index (κ3) is 4.94. The van der Waals surface area contributed by atoms with Crippen molar-refractivity contribution >= 4 is 34.3 Å². The fraction of sp³-hybridized carbons (Fsp3) is 0.240. The molecule has 4 rings (SSSR count). The first-order chi connectivity index (χ1) is 17.2. The van der Waals surface area contributed by atoms with Crippen LogP contribution in [0, 0.1) is 24.4 Å². The fourth-order valence-corrected chi connectivity index (χ4v) is 4.21. The average Bonchev–Trinajstić information content (AvgIpc) is 3.17. The Labute approximate surface area is 209 Å². The molecule has 0 bridgehead atoms. The first-order valence-corrected chi connectivity index (χ1v) is 11.5. The maximum absolute atomic E-state index is 14.4. The van der Waals surface area contributed by atoms with E-state index in [9.17, 15) is 23.1 Å². The summed E-state index contributed by atoms with van der Waals surface area (Å²) in [6, 6.07) is 6.68. The Kier molecular flexibility index (Phi) is 7.35. The number of fused-ring (bicyclic) bond motifs is 1. The van der Waals surface area contributed by atoms with Crippen LogP contribution in [0.4, 0.5) is 19.0 Å². The molecule has 2 aromatic heterocycles. The van der Waals surface area contributed by atoms with Crippen LogP contribution in [-0.4, -0.2) is 38.8 Å². The van der Waals surface area contributed by atoms with Crippen LogP contribution < -0.4 is 10.1 Å². The molecule has 188 valence electrons. The number of carboxylic acids is 1. The summed E-state index contributed by atoms with van der Waals surface area (Å²) in [5, 5.41) is 12.6. The van der Waals surface area contributed by atoms with Crippen molar-refractivity contribution in [3.05, 3.63) is 70.4 Å². The minimum atomic E-state index is -1.25. The molecule has 2 aromatic carbocycles. The SMILES string of the molecule is CCCOc1cc(-c2cc(NCCn3c(C)cc4c(F)cc(F)c(F)c43)ncn2)cc(Cl)c1C(=O)O. The number of hydrogen-bond acceptors (Lipinski definition) is 5. The lowest BCUT2D eigenvalue weighted by Crippen LogP contribution is -2.13. The lowest BCUT2D eigenvalue weighted by atomic mass is 10.1. The molecule has 0 aliphatic heterocycles. The molecule has 36 heavy (non-hydrogen) atoms. The van der Waals surface area contributed by atoms with E-state index in [1.807, 2.05) is 6.92 Å². The van der Waals surface area contributed by atoms with E-state index in [2.05, 4.69) is 15.3 Å². The predicted molar refractivity (Wildman–Crippen MR) is 130 cm³/mol. The molecule has 0 amide bonds. The smallest absolute Gasteiger partial charge is 0.341 e. The van der Waals surface area contributed by atoms with Crippen LogP contribution in [0.3, 0.4) is 0 Å². The van der Waals surface area contributed by atoms with Crippen molar-refractivity contribution in [2.45, 2.75) is 26.8 Å². The van der Waals surface area contributed by atoms with Gasteiger partial charge in [0.15, 0.2) is 11.6 Å². The second-order valence-electron chi connectivity index (χ2n) is 8.05. The molecule has 0 unspecified atom stereocenters. The van der Waals surface area contributed by atoms with Crippen LogP contribution in [0.2, 0.25) is 5.02 Å². The van der Waals surface area contributed by atoms with Crippen LogP contribution >= 0.6 is 11.6 Å². The van der Waals surface area contributed by atoms with Crippen LogP contribution in [0.1, 0.15) is 29.4 Å². The van der Waals surface area contributed by atoms with Crippen molar-refractivity contribution in [2.75, 3.05) is 18.5 Å². The number of nitrogens with one attached hydrogen (secondary N) is 1.